The smallest absolute Gasteiger partial charge is 0.449 e. The summed E-state index contributed by atoms with van der Waals surface area (Å²) in [6.07, 6.45) is -4.80. The highest BCUT2D eigenvalue weighted by Gasteiger charge is 2.39. The number of carboxylic acid groups (broad SMARTS) is 1. The van der Waals surface area contributed by atoms with Crippen molar-refractivity contribution in [1.29, 1.82) is 0 Å². The minimum absolute atomic E-state index is 0.0152. The number of carbonyl (C=O) groups is 2. The zero-order valence-corrected chi connectivity index (χ0v) is 10.7. The van der Waals surface area contributed by atoms with E-state index >= 15 is 0 Å². The second-order valence-corrected chi connectivity index (χ2v) is 4.39. The minimum Gasteiger partial charge on any atom is -0.478 e. The number of hydrogen-bond donors (Lipinski definition) is 2. The summed E-state index contributed by atoms with van der Waals surface area (Å²) in [5, 5.41) is 8.85. The van der Waals surface area contributed by atoms with Crippen LogP contribution in [0.15, 0.2) is 18.2 Å². The lowest BCUT2D eigenvalue weighted by Crippen LogP contribution is -2.27. The minimum atomic E-state index is -4.80. The Labute approximate surface area is 116 Å². The quantitative estimate of drug-likeness (QED) is 0.903. The number of halogens is 3. The van der Waals surface area contributed by atoms with Gasteiger partial charge in [0, 0.05) is 0 Å². The molecule has 0 aliphatic heterocycles. The third kappa shape index (κ3) is 2.54. The van der Waals surface area contributed by atoms with E-state index in [1.165, 1.54) is 13.0 Å². The van der Waals surface area contributed by atoms with E-state index in [0.29, 0.717) is 4.57 Å². The van der Waals surface area contributed by atoms with Gasteiger partial charge in [-0.15, -0.1) is 0 Å². The van der Waals surface area contributed by atoms with Gasteiger partial charge in [0.05, 0.1) is 16.6 Å². The Kier molecular flexibility index (Phi) is 3.36. The molecule has 1 heterocycles. The van der Waals surface area contributed by atoms with Crippen LogP contribution in [0.3, 0.4) is 0 Å². The fourth-order valence-corrected chi connectivity index (χ4v) is 1.95. The van der Waals surface area contributed by atoms with E-state index in [1.54, 1.807) is 0 Å². The van der Waals surface area contributed by atoms with Crippen molar-refractivity contribution in [1.82, 2.24) is 9.55 Å². The van der Waals surface area contributed by atoms with Crippen LogP contribution in [0.4, 0.5) is 13.2 Å². The largest absolute Gasteiger partial charge is 0.478 e. The van der Waals surface area contributed by atoms with Crippen LogP contribution in [-0.2, 0) is 11.0 Å². The highest BCUT2D eigenvalue weighted by atomic mass is 19.4. The van der Waals surface area contributed by atoms with Crippen LogP contribution in [0.25, 0.3) is 11.0 Å². The average Bonchev–Trinajstić information content (AvgIpc) is 2.75. The molecular weight excluding hydrogens is 291 g/mol. The number of primary amides is 1. The molecule has 0 radical (unpaired) electrons. The number of hydrogen-bond acceptors (Lipinski definition) is 3. The summed E-state index contributed by atoms with van der Waals surface area (Å²) in [7, 11) is 0. The molecule has 1 aromatic carbocycles. The maximum Gasteiger partial charge on any atom is 0.449 e. The Morgan fingerprint density at radius 2 is 2.00 bits per heavy atom. The molecule has 9 heteroatoms. The monoisotopic (exact) mass is 301 g/mol. The molecule has 0 bridgehead atoms. The summed E-state index contributed by atoms with van der Waals surface area (Å²) in [6.45, 7) is 1.21. The molecule has 0 spiro atoms. The number of carboxylic acids is 1. The second-order valence-electron chi connectivity index (χ2n) is 4.39. The van der Waals surface area contributed by atoms with Gasteiger partial charge in [0.1, 0.15) is 6.04 Å². The molecule has 2 aromatic rings. The van der Waals surface area contributed by atoms with Gasteiger partial charge in [0.25, 0.3) is 0 Å². The van der Waals surface area contributed by atoms with E-state index in [9.17, 15) is 22.8 Å². The number of aromatic carboxylic acids is 1. The third-order valence-corrected chi connectivity index (χ3v) is 2.99. The lowest BCUT2D eigenvalue weighted by atomic mass is 10.2. The molecule has 0 aliphatic rings. The van der Waals surface area contributed by atoms with E-state index in [0.717, 1.165) is 12.1 Å². The lowest BCUT2D eigenvalue weighted by molar-refractivity contribution is -0.148. The van der Waals surface area contributed by atoms with Crippen molar-refractivity contribution in [2.75, 3.05) is 0 Å². The average molecular weight is 301 g/mol. The molecule has 0 saturated carbocycles. The van der Waals surface area contributed by atoms with Crippen LogP contribution in [0.5, 0.6) is 0 Å². The van der Waals surface area contributed by atoms with E-state index in [-0.39, 0.29) is 16.6 Å². The molecule has 1 atom stereocenters. The van der Waals surface area contributed by atoms with Crippen LogP contribution >= 0.6 is 0 Å². The van der Waals surface area contributed by atoms with E-state index in [1.807, 2.05) is 0 Å². The highest BCUT2D eigenvalue weighted by molar-refractivity contribution is 5.93. The Balaban J connectivity index is 2.79. The summed E-state index contributed by atoms with van der Waals surface area (Å²) in [5.41, 5.74) is 4.67. The van der Waals surface area contributed by atoms with Gasteiger partial charge in [-0.3, -0.25) is 4.79 Å². The van der Waals surface area contributed by atoms with E-state index in [2.05, 4.69) is 4.98 Å². The second kappa shape index (κ2) is 4.76. The van der Waals surface area contributed by atoms with Crippen LogP contribution in [-0.4, -0.2) is 26.5 Å². The molecule has 1 aromatic heterocycles. The van der Waals surface area contributed by atoms with Crippen molar-refractivity contribution in [3.05, 3.63) is 29.6 Å². The summed E-state index contributed by atoms with van der Waals surface area (Å²) >= 11 is 0. The Bertz CT molecular complexity index is 736. The highest BCUT2D eigenvalue weighted by Crippen LogP contribution is 2.34. The molecule has 6 nitrogen and oxygen atoms in total. The van der Waals surface area contributed by atoms with Gasteiger partial charge in [0.15, 0.2) is 0 Å². The van der Waals surface area contributed by atoms with Crippen molar-refractivity contribution in [2.45, 2.75) is 19.1 Å². The number of alkyl halides is 3. The topological polar surface area (TPSA) is 98.2 Å². The van der Waals surface area contributed by atoms with Crippen molar-refractivity contribution in [3.63, 3.8) is 0 Å². The van der Waals surface area contributed by atoms with Gasteiger partial charge < -0.3 is 15.4 Å². The number of nitrogens with zero attached hydrogens (tertiary/aromatic N) is 2. The fraction of sp³-hybridized carbons (Fsp3) is 0.250. The van der Waals surface area contributed by atoms with Crippen LogP contribution in [0, 0.1) is 0 Å². The molecule has 3 N–H and O–H groups in total. The number of imidazole rings is 1. The molecule has 21 heavy (non-hydrogen) atoms. The maximum atomic E-state index is 13.0. The number of amides is 1. The van der Waals surface area contributed by atoms with Gasteiger partial charge in [-0.2, -0.15) is 13.2 Å². The number of carbonyl (C=O) groups excluding carboxylic acids is 1. The molecule has 0 saturated heterocycles. The first kappa shape index (κ1) is 14.8. The molecule has 0 aliphatic carbocycles. The van der Waals surface area contributed by atoms with Gasteiger partial charge in [-0.1, -0.05) is 0 Å². The predicted molar refractivity (Wildman–Crippen MR) is 65.6 cm³/mol. The molecule has 0 fully saturated rings. The van der Waals surface area contributed by atoms with E-state index in [4.69, 9.17) is 10.8 Å². The number of benzene rings is 1. The van der Waals surface area contributed by atoms with Gasteiger partial charge in [-0.05, 0) is 25.1 Å². The predicted octanol–water partition coefficient (Wildman–Crippen LogP) is 1.80. The Hall–Kier alpha value is -2.58. The number of fused-ring (bicyclic) bond motifs is 1. The standard InChI is InChI=1S/C12H10F3N3O3/c1-5(9(16)19)18-8-3-2-6(10(20)21)4-7(8)17-11(18)12(13,14)15/h2-5H,1H3,(H2,16,19)(H,20,21). The zero-order valence-electron chi connectivity index (χ0n) is 10.7. The van der Waals surface area contributed by atoms with Crippen molar-refractivity contribution < 1.29 is 27.9 Å². The van der Waals surface area contributed by atoms with Gasteiger partial charge in [0.2, 0.25) is 11.7 Å². The molecule has 112 valence electrons. The van der Waals surface area contributed by atoms with Gasteiger partial charge >= 0.3 is 12.1 Å². The SMILES string of the molecule is CC(C(N)=O)n1c(C(F)(F)F)nc2cc(C(=O)O)ccc21. The van der Waals surface area contributed by atoms with E-state index < -0.39 is 29.9 Å². The lowest BCUT2D eigenvalue weighted by Gasteiger charge is -2.15. The summed E-state index contributed by atoms with van der Waals surface area (Å²) in [4.78, 5) is 25.4. The van der Waals surface area contributed by atoms with Crippen molar-refractivity contribution in [2.24, 2.45) is 5.73 Å². The van der Waals surface area contributed by atoms with Crippen LogP contribution in [0.2, 0.25) is 0 Å². The Morgan fingerprint density at radius 3 is 2.48 bits per heavy atom. The molecular formula is C12H10F3N3O3. The first-order chi connectivity index (χ1) is 9.62. The molecule has 1 unspecified atom stereocenters. The number of nitrogens with two attached hydrogens (primary N) is 1. The first-order valence-corrected chi connectivity index (χ1v) is 5.74. The maximum absolute atomic E-state index is 13.0. The van der Waals surface area contributed by atoms with Crippen molar-refractivity contribution >= 4 is 22.9 Å². The normalized spacial score (nSPS) is 13.3. The number of rotatable bonds is 3. The van der Waals surface area contributed by atoms with Crippen LogP contribution in [0.1, 0.15) is 29.1 Å². The fourth-order valence-electron chi connectivity index (χ4n) is 1.95. The van der Waals surface area contributed by atoms with Crippen LogP contribution < -0.4 is 5.73 Å². The molecule has 2 rings (SSSR count). The van der Waals surface area contributed by atoms with Crippen molar-refractivity contribution in [3.8, 4) is 0 Å². The van der Waals surface area contributed by atoms with Gasteiger partial charge in [-0.25, -0.2) is 9.78 Å². The summed E-state index contributed by atoms with van der Waals surface area (Å²) in [5.74, 6) is -3.54. The summed E-state index contributed by atoms with van der Waals surface area (Å²) in [6, 6.07) is 2.04. The third-order valence-electron chi connectivity index (χ3n) is 2.99. The summed E-state index contributed by atoms with van der Waals surface area (Å²) < 4.78 is 39.7. The Morgan fingerprint density at radius 1 is 1.38 bits per heavy atom. The molecule has 1 amide bonds. The number of aromatic nitrogens is 2. The first-order valence-electron chi connectivity index (χ1n) is 5.74. The zero-order chi connectivity index (χ0) is 15.9.